The zero-order valence-electron chi connectivity index (χ0n) is 24.9. The van der Waals surface area contributed by atoms with Gasteiger partial charge in [0, 0.05) is 11.6 Å². The summed E-state index contributed by atoms with van der Waals surface area (Å²) >= 11 is 1.08. The number of methoxy groups -OCH3 is 2. The molecule has 3 aromatic carbocycles. The first-order valence-electron chi connectivity index (χ1n) is 13.7. The van der Waals surface area contributed by atoms with Gasteiger partial charge >= 0.3 is 11.7 Å². The second kappa shape index (κ2) is 13.0. The second-order valence-corrected chi connectivity index (χ2v) is 10.7. The van der Waals surface area contributed by atoms with Gasteiger partial charge in [0.25, 0.3) is 11.2 Å². The molecule has 5 rings (SSSR count). The van der Waals surface area contributed by atoms with Crippen LogP contribution in [0.2, 0.25) is 0 Å². The van der Waals surface area contributed by atoms with Gasteiger partial charge in [0.05, 0.1) is 58.6 Å². The van der Waals surface area contributed by atoms with Crippen LogP contribution in [0, 0.1) is 20.2 Å². The predicted octanol–water partition coefficient (Wildman–Crippen LogP) is 4.42. The number of fused-ring (bicyclic) bond motifs is 1. The summed E-state index contributed by atoms with van der Waals surface area (Å²) in [5.74, 6) is 0.167. The Bertz CT molecular complexity index is 2100. The molecule has 15 heteroatoms. The largest absolute Gasteiger partial charge is 0.493 e. The molecule has 0 fully saturated rings. The molecule has 0 aliphatic carbocycles. The highest BCUT2D eigenvalue weighted by atomic mass is 32.1. The number of hydrogen-bond donors (Lipinski definition) is 0. The SMILES string of the molecule is CCOC(=O)C1=C(C)N=c2s/c(=C\c3ccccc3Oc3ccc([N+](=O)[O-])cc3[N+](=O)[O-])c(=O)n2[C@@H]1c1ccc(OC)c(OC)c1. The summed E-state index contributed by atoms with van der Waals surface area (Å²) in [5.41, 5.74) is -0.0204. The molecule has 4 aromatic rings. The van der Waals surface area contributed by atoms with Crippen molar-refractivity contribution in [1.29, 1.82) is 0 Å². The minimum Gasteiger partial charge on any atom is -0.493 e. The van der Waals surface area contributed by atoms with Gasteiger partial charge in [-0.05, 0) is 49.8 Å². The normalized spacial score (nSPS) is 14.3. The van der Waals surface area contributed by atoms with Crippen LogP contribution in [-0.2, 0) is 9.53 Å². The molecule has 0 unspecified atom stereocenters. The molecule has 0 spiro atoms. The Labute approximate surface area is 264 Å². The average molecular weight is 647 g/mol. The van der Waals surface area contributed by atoms with Gasteiger partial charge in [-0.15, -0.1) is 0 Å². The lowest BCUT2D eigenvalue weighted by Gasteiger charge is -2.25. The minimum absolute atomic E-state index is 0.113. The van der Waals surface area contributed by atoms with Gasteiger partial charge in [0.1, 0.15) is 5.75 Å². The highest BCUT2D eigenvalue weighted by Crippen LogP contribution is 2.37. The molecular weight excluding hydrogens is 620 g/mol. The number of benzene rings is 3. The van der Waals surface area contributed by atoms with Crippen molar-refractivity contribution in [2.24, 2.45) is 4.99 Å². The Morgan fingerprint density at radius 2 is 1.70 bits per heavy atom. The van der Waals surface area contributed by atoms with Gasteiger partial charge in [-0.2, -0.15) is 0 Å². The molecule has 0 bridgehead atoms. The number of carbonyl (C=O) groups is 1. The van der Waals surface area contributed by atoms with E-state index in [1.807, 2.05) is 0 Å². The van der Waals surface area contributed by atoms with Crippen LogP contribution in [-0.4, -0.2) is 41.2 Å². The molecule has 1 aromatic heterocycles. The van der Waals surface area contributed by atoms with Gasteiger partial charge in [-0.3, -0.25) is 29.6 Å². The van der Waals surface area contributed by atoms with Crippen molar-refractivity contribution in [1.82, 2.24) is 4.57 Å². The number of hydrogen-bond acceptors (Lipinski definition) is 12. The van der Waals surface area contributed by atoms with E-state index >= 15 is 0 Å². The van der Waals surface area contributed by atoms with E-state index in [0.717, 1.165) is 29.5 Å². The molecule has 0 N–H and O–H groups in total. The fourth-order valence-electron chi connectivity index (χ4n) is 4.93. The predicted molar refractivity (Wildman–Crippen MR) is 166 cm³/mol. The number of aromatic nitrogens is 1. The van der Waals surface area contributed by atoms with Crippen molar-refractivity contribution < 1.29 is 33.6 Å². The lowest BCUT2D eigenvalue weighted by atomic mass is 9.95. The maximum absolute atomic E-state index is 14.1. The zero-order chi connectivity index (χ0) is 33.1. The molecule has 1 atom stereocenters. The van der Waals surface area contributed by atoms with Crippen LogP contribution >= 0.6 is 11.3 Å². The molecule has 0 amide bonds. The number of allylic oxidation sites excluding steroid dienone is 1. The summed E-state index contributed by atoms with van der Waals surface area (Å²) in [6, 6.07) is 13.7. The number of rotatable bonds is 10. The summed E-state index contributed by atoms with van der Waals surface area (Å²) in [4.78, 5) is 53.5. The first-order chi connectivity index (χ1) is 22.1. The van der Waals surface area contributed by atoms with Crippen molar-refractivity contribution in [3.05, 3.63) is 123 Å². The van der Waals surface area contributed by atoms with Crippen LogP contribution in [0.5, 0.6) is 23.0 Å². The zero-order valence-corrected chi connectivity index (χ0v) is 25.7. The summed E-state index contributed by atoms with van der Waals surface area (Å²) < 4.78 is 23.7. The molecule has 1 aliphatic heterocycles. The maximum Gasteiger partial charge on any atom is 0.338 e. The Morgan fingerprint density at radius 3 is 2.37 bits per heavy atom. The van der Waals surface area contributed by atoms with Crippen molar-refractivity contribution in [3.8, 4) is 23.0 Å². The minimum atomic E-state index is -0.911. The van der Waals surface area contributed by atoms with E-state index in [-0.39, 0.29) is 28.2 Å². The van der Waals surface area contributed by atoms with Crippen molar-refractivity contribution >= 4 is 34.8 Å². The van der Waals surface area contributed by atoms with Gasteiger partial charge in [-0.1, -0.05) is 35.6 Å². The van der Waals surface area contributed by atoms with Crippen LogP contribution < -0.4 is 29.1 Å². The fraction of sp³-hybridized carbons (Fsp3) is 0.194. The third-order valence-corrected chi connectivity index (χ3v) is 8.00. The van der Waals surface area contributed by atoms with Crippen molar-refractivity contribution in [3.63, 3.8) is 0 Å². The fourth-order valence-corrected chi connectivity index (χ4v) is 5.97. The third kappa shape index (κ3) is 5.95. The van der Waals surface area contributed by atoms with E-state index in [1.165, 1.54) is 18.8 Å². The quantitative estimate of drug-likeness (QED) is 0.136. The highest BCUT2D eigenvalue weighted by Gasteiger charge is 2.34. The number of ether oxygens (including phenoxy) is 4. The van der Waals surface area contributed by atoms with Gasteiger partial charge in [0.2, 0.25) is 5.75 Å². The number of thiazole rings is 1. The molecule has 0 radical (unpaired) electrons. The van der Waals surface area contributed by atoms with Crippen LogP contribution in [0.25, 0.3) is 6.08 Å². The Hall–Kier alpha value is -5.83. The number of nitro benzene ring substituents is 2. The molecule has 46 heavy (non-hydrogen) atoms. The van der Waals surface area contributed by atoms with Gasteiger partial charge in [-0.25, -0.2) is 9.79 Å². The van der Waals surface area contributed by atoms with E-state index in [4.69, 9.17) is 18.9 Å². The van der Waals surface area contributed by atoms with Crippen LogP contribution in [0.3, 0.4) is 0 Å². The first-order valence-corrected chi connectivity index (χ1v) is 14.5. The van der Waals surface area contributed by atoms with E-state index in [1.54, 1.807) is 62.4 Å². The van der Waals surface area contributed by atoms with E-state index in [9.17, 15) is 29.8 Å². The third-order valence-electron chi connectivity index (χ3n) is 7.02. The Morgan fingerprint density at radius 1 is 0.978 bits per heavy atom. The smallest absolute Gasteiger partial charge is 0.338 e. The summed E-state index contributed by atoms with van der Waals surface area (Å²) in [6.07, 6.45) is 1.55. The molecule has 236 valence electrons. The van der Waals surface area contributed by atoms with Gasteiger partial charge < -0.3 is 18.9 Å². The Kier molecular flexibility index (Phi) is 8.95. The molecule has 2 heterocycles. The van der Waals surface area contributed by atoms with Crippen LogP contribution in [0.15, 0.2) is 81.7 Å². The number of carbonyl (C=O) groups excluding carboxylic acids is 1. The van der Waals surface area contributed by atoms with Gasteiger partial charge in [0.15, 0.2) is 16.3 Å². The lowest BCUT2D eigenvalue weighted by molar-refractivity contribution is -0.394. The summed E-state index contributed by atoms with van der Waals surface area (Å²) in [7, 11) is 2.97. The lowest BCUT2D eigenvalue weighted by Crippen LogP contribution is -2.40. The second-order valence-electron chi connectivity index (χ2n) is 9.72. The average Bonchev–Trinajstić information content (AvgIpc) is 3.34. The van der Waals surface area contributed by atoms with E-state index < -0.39 is 38.8 Å². The number of nitrogens with zero attached hydrogens (tertiary/aromatic N) is 4. The van der Waals surface area contributed by atoms with E-state index in [0.29, 0.717) is 33.1 Å². The maximum atomic E-state index is 14.1. The molecular formula is C31H26N4O10S. The van der Waals surface area contributed by atoms with E-state index in [2.05, 4.69) is 4.99 Å². The number of esters is 1. The molecule has 0 saturated heterocycles. The van der Waals surface area contributed by atoms with Crippen LogP contribution in [0.4, 0.5) is 11.4 Å². The Balaban J connectivity index is 1.66. The van der Waals surface area contributed by atoms with Crippen LogP contribution in [0.1, 0.15) is 31.0 Å². The molecule has 14 nitrogen and oxygen atoms in total. The topological polar surface area (TPSA) is 175 Å². The summed E-state index contributed by atoms with van der Waals surface area (Å²) in [6.45, 7) is 3.46. The van der Waals surface area contributed by atoms with Crippen molar-refractivity contribution in [2.45, 2.75) is 19.9 Å². The number of para-hydroxylation sites is 1. The number of non-ortho nitro benzene ring substituents is 1. The molecule has 0 saturated carbocycles. The standard InChI is InChI=1S/C31H26N4O10S/c1-5-44-30(37)27-17(2)32-31-33(28(27)19-10-12-24(42-3)25(14-19)43-4)29(36)26(46-31)15-18-8-6-7-9-22(18)45-23-13-11-20(34(38)39)16-21(23)35(40)41/h6-16,28H,5H2,1-4H3/b26-15-/t28-/m1/s1. The number of nitro groups is 2. The first kappa shape index (κ1) is 31.6. The highest BCUT2D eigenvalue weighted by molar-refractivity contribution is 7.07. The monoisotopic (exact) mass is 646 g/mol. The summed E-state index contributed by atoms with van der Waals surface area (Å²) in [5, 5.41) is 22.8. The van der Waals surface area contributed by atoms with Crippen molar-refractivity contribution in [2.75, 3.05) is 20.8 Å². The molecule has 1 aliphatic rings.